The van der Waals surface area contributed by atoms with Crippen LogP contribution in [0.1, 0.15) is 22.3 Å². The Morgan fingerprint density at radius 1 is 1.33 bits per heavy atom. The van der Waals surface area contributed by atoms with Gasteiger partial charge in [0.25, 0.3) is 5.91 Å². The van der Waals surface area contributed by atoms with Gasteiger partial charge in [-0.05, 0) is 30.5 Å². The number of halogens is 1. The van der Waals surface area contributed by atoms with Crippen LogP contribution in [0.5, 0.6) is 0 Å². The molecule has 2 heterocycles. The molecule has 1 amide bonds. The van der Waals surface area contributed by atoms with E-state index in [4.69, 9.17) is 0 Å². The quantitative estimate of drug-likeness (QED) is 0.923. The van der Waals surface area contributed by atoms with E-state index in [0.717, 1.165) is 24.1 Å². The second-order valence-corrected chi connectivity index (χ2v) is 4.96. The highest BCUT2D eigenvalue weighted by Gasteiger charge is 2.26. The van der Waals surface area contributed by atoms with Gasteiger partial charge < -0.3 is 10.2 Å². The van der Waals surface area contributed by atoms with Crippen molar-refractivity contribution in [1.82, 2.24) is 4.98 Å². The van der Waals surface area contributed by atoms with Crippen molar-refractivity contribution in [3.8, 4) is 0 Å². The number of rotatable bonds is 2. The number of aryl methyl sites for hydroxylation is 1. The third-order valence-electron chi connectivity index (χ3n) is 3.71. The van der Waals surface area contributed by atoms with Crippen molar-refractivity contribution in [3.05, 3.63) is 53.5 Å². The third kappa shape index (κ3) is 2.35. The molecule has 0 bridgehead atoms. The number of para-hydroxylation sites is 1. The molecule has 0 unspecified atom stereocenters. The maximum atomic E-state index is 14.3. The summed E-state index contributed by atoms with van der Waals surface area (Å²) in [6.45, 7) is 0.604. The van der Waals surface area contributed by atoms with Crippen LogP contribution in [0.3, 0.4) is 0 Å². The number of nitrogens with one attached hydrogen (secondary N) is 1. The molecule has 1 aliphatic rings. The Hall–Kier alpha value is -2.43. The van der Waals surface area contributed by atoms with Crippen LogP contribution in [0.25, 0.3) is 0 Å². The van der Waals surface area contributed by atoms with Crippen molar-refractivity contribution in [2.24, 2.45) is 0 Å². The smallest absolute Gasteiger partial charge is 0.261 e. The van der Waals surface area contributed by atoms with Crippen LogP contribution < -0.4 is 10.2 Å². The zero-order chi connectivity index (χ0) is 14.8. The van der Waals surface area contributed by atoms with E-state index in [1.165, 1.54) is 12.3 Å². The maximum Gasteiger partial charge on any atom is 0.261 e. The van der Waals surface area contributed by atoms with Crippen LogP contribution in [0.15, 0.2) is 36.5 Å². The Morgan fingerprint density at radius 2 is 2.14 bits per heavy atom. The minimum Gasteiger partial charge on any atom is -0.371 e. The van der Waals surface area contributed by atoms with E-state index in [1.807, 2.05) is 24.3 Å². The van der Waals surface area contributed by atoms with Gasteiger partial charge in [-0.2, -0.15) is 0 Å². The van der Waals surface area contributed by atoms with Gasteiger partial charge in [-0.1, -0.05) is 18.2 Å². The molecule has 2 aromatic rings. The highest BCUT2D eigenvalue weighted by molar-refractivity contribution is 6.07. The fourth-order valence-electron chi connectivity index (χ4n) is 2.67. The molecule has 3 rings (SSSR count). The van der Waals surface area contributed by atoms with Crippen LogP contribution in [0.4, 0.5) is 15.9 Å². The largest absolute Gasteiger partial charge is 0.371 e. The fraction of sp³-hybridized carbons (Fsp3) is 0.250. The number of nitrogens with zero attached hydrogens (tertiary/aromatic N) is 2. The van der Waals surface area contributed by atoms with E-state index in [0.29, 0.717) is 6.54 Å². The number of pyridine rings is 1. The molecule has 1 aromatic carbocycles. The molecule has 21 heavy (non-hydrogen) atoms. The number of benzene rings is 1. The molecule has 0 saturated heterocycles. The molecule has 0 spiro atoms. The molecular formula is C16H16FN3O. The molecule has 1 aromatic heterocycles. The summed E-state index contributed by atoms with van der Waals surface area (Å²) in [7, 11) is 1.58. The summed E-state index contributed by atoms with van der Waals surface area (Å²) in [5.74, 6) is -0.835. The Labute approximate surface area is 122 Å². The molecule has 0 atom stereocenters. The van der Waals surface area contributed by atoms with E-state index in [9.17, 15) is 9.18 Å². The van der Waals surface area contributed by atoms with Crippen LogP contribution in [-0.2, 0) is 6.42 Å². The lowest BCUT2D eigenvalue weighted by Gasteiger charge is -2.29. The number of hydrogen-bond acceptors (Lipinski definition) is 3. The Kier molecular flexibility index (Phi) is 3.56. The van der Waals surface area contributed by atoms with Gasteiger partial charge in [0.15, 0.2) is 11.6 Å². The predicted octanol–water partition coefficient (Wildman–Crippen LogP) is 2.86. The lowest BCUT2D eigenvalue weighted by atomic mass is 10.0. The summed E-state index contributed by atoms with van der Waals surface area (Å²) in [5, 5.41) is 2.66. The summed E-state index contributed by atoms with van der Waals surface area (Å²) in [6, 6.07) is 9.20. The SMILES string of the molecule is CNc1nccc(C(=O)N2CCCc3ccccc32)c1F. The van der Waals surface area contributed by atoms with Gasteiger partial charge in [-0.3, -0.25) is 4.79 Å². The van der Waals surface area contributed by atoms with E-state index >= 15 is 0 Å². The number of aromatic nitrogens is 1. The van der Waals surface area contributed by atoms with Crippen LogP contribution in [-0.4, -0.2) is 24.5 Å². The summed E-state index contributed by atoms with van der Waals surface area (Å²) < 4.78 is 14.3. The van der Waals surface area contributed by atoms with Crippen LogP contribution in [0.2, 0.25) is 0 Å². The van der Waals surface area contributed by atoms with Crippen molar-refractivity contribution in [1.29, 1.82) is 0 Å². The van der Waals surface area contributed by atoms with Crippen molar-refractivity contribution >= 4 is 17.4 Å². The Balaban J connectivity index is 2.01. The highest BCUT2D eigenvalue weighted by Crippen LogP contribution is 2.29. The van der Waals surface area contributed by atoms with Crippen molar-refractivity contribution in [2.45, 2.75) is 12.8 Å². The van der Waals surface area contributed by atoms with Crippen LogP contribution in [0, 0.1) is 5.82 Å². The zero-order valence-corrected chi connectivity index (χ0v) is 11.8. The molecular weight excluding hydrogens is 269 g/mol. The summed E-state index contributed by atoms with van der Waals surface area (Å²) in [6.07, 6.45) is 3.27. The molecule has 0 radical (unpaired) electrons. The first kappa shape index (κ1) is 13.5. The number of carbonyl (C=O) groups excluding carboxylic acids is 1. The predicted molar refractivity (Wildman–Crippen MR) is 80.2 cm³/mol. The lowest BCUT2D eigenvalue weighted by Crippen LogP contribution is -2.36. The molecule has 0 fully saturated rings. The molecule has 1 aliphatic heterocycles. The lowest BCUT2D eigenvalue weighted by molar-refractivity contribution is 0.0981. The molecule has 0 saturated carbocycles. The first-order valence-electron chi connectivity index (χ1n) is 6.94. The van der Waals surface area contributed by atoms with E-state index < -0.39 is 5.82 Å². The first-order valence-corrected chi connectivity index (χ1v) is 6.94. The average Bonchev–Trinajstić information content (AvgIpc) is 2.54. The van der Waals surface area contributed by atoms with Gasteiger partial charge in [0.05, 0.1) is 5.56 Å². The van der Waals surface area contributed by atoms with Crippen molar-refractivity contribution in [3.63, 3.8) is 0 Å². The highest BCUT2D eigenvalue weighted by atomic mass is 19.1. The third-order valence-corrected chi connectivity index (χ3v) is 3.71. The minimum atomic E-state index is -0.604. The Bertz CT molecular complexity index is 687. The van der Waals surface area contributed by atoms with Gasteiger partial charge in [-0.25, -0.2) is 9.37 Å². The molecule has 108 valence electrons. The standard InChI is InChI=1S/C16H16FN3O/c1-18-15-14(17)12(8-9-19-15)16(21)20-10-4-6-11-5-2-3-7-13(11)20/h2-3,5,7-9H,4,6,10H2,1H3,(H,18,19). The molecule has 1 N–H and O–H groups in total. The number of hydrogen-bond donors (Lipinski definition) is 1. The Morgan fingerprint density at radius 3 is 2.95 bits per heavy atom. The number of amides is 1. The van der Waals surface area contributed by atoms with Gasteiger partial charge in [0, 0.05) is 25.5 Å². The number of carbonyl (C=O) groups is 1. The van der Waals surface area contributed by atoms with E-state index in [1.54, 1.807) is 11.9 Å². The topological polar surface area (TPSA) is 45.2 Å². The second-order valence-electron chi connectivity index (χ2n) is 4.96. The number of fused-ring (bicyclic) bond motifs is 1. The van der Waals surface area contributed by atoms with Crippen molar-refractivity contribution < 1.29 is 9.18 Å². The zero-order valence-electron chi connectivity index (χ0n) is 11.8. The molecule has 0 aliphatic carbocycles. The van der Waals surface area contributed by atoms with Gasteiger partial charge in [-0.15, -0.1) is 0 Å². The van der Waals surface area contributed by atoms with Gasteiger partial charge in [0.2, 0.25) is 0 Å². The minimum absolute atomic E-state index is 0.0473. The van der Waals surface area contributed by atoms with Gasteiger partial charge >= 0.3 is 0 Å². The number of anilines is 2. The summed E-state index contributed by atoms with van der Waals surface area (Å²) in [5.41, 5.74) is 2.04. The van der Waals surface area contributed by atoms with Crippen molar-refractivity contribution in [2.75, 3.05) is 23.8 Å². The average molecular weight is 285 g/mol. The normalized spacial score (nSPS) is 13.7. The summed E-state index contributed by atoms with van der Waals surface area (Å²) in [4.78, 5) is 18.2. The monoisotopic (exact) mass is 285 g/mol. The summed E-state index contributed by atoms with van der Waals surface area (Å²) >= 11 is 0. The molecule has 4 nitrogen and oxygen atoms in total. The van der Waals surface area contributed by atoms with Gasteiger partial charge in [0.1, 0.15) is 0 Å². The first-order chi connectivity index (χ1) is 10.2. The second kappa shape index (κ2) is 5.52. The van der Waals surface area contributed by atoms with E-state index in [-0.39, 0.29) is 17.3 Å². The fourth-order valence-corrected chi connectivity index (χ4v) is 2.67. The molecule has 5 heteroatoms. The van der Waals surface area contributed by atoms with E-state index in [2.05, 4.69) is 10.3 Å². The van der Waals surface area contributed by atoms with Crippen LogP contribution >= 0.6 is 0 Å². The maximum absolute atomic E-state index is 14.3.